The molecule has 24 heteroatoms. The summed E-state index contributed by atoms with van der Waals surface area (Å²) in [5.74, 6) is -5.27. The molecular formula is C45H84N8O16. The zero-order valence-electron chi connectivity index (χ0n) is 41.7. The van der Waals surface area contributed by atoms with Crippen LogP contribution in [0.25, 0.3) is 0 Å². The van der Waals surface area contributed by atoms with Crippen molar-refractivity contribution >= 4 is 41.6 Å². The molecule has 1 saturated heterocycles. The maximum Gasteiger partial charge on any atom is 0.320 e. The van der Waals surface area contributed by atoms with Crippen LogP contribution in [0.1, 0.15) is 66.2 Å². The number of nitrogens with one attached hydrogen (secondary N) is 3. The fourth-order valence-electron chi connectivity index (χ4n) is 7.22. The molecule has 0 bridgehead atoms. The molecule has 69 heavy (non-hydrogen) atoms. The van der Waals surface area contributed by atoms with Crippen LogP contribution < -0.4 is 21.7 Å². The molecule has 0 aromatic carbocycles. The molecule has 3 amide bonds. The molecule has 1 unspecified atom stereocenters. The Balaban J connectivity index is 2.29. The summed E-state index contributed by atoms with van der Waals surface area (Å²) in [5.41, 5.74) is 5.76. The lowest BCUT2D eigenvalue weighted by molar-refractivity contribution is -0.145. The summed E-state index contributed by atoms with van der Waals surface area (Å²) < 4.78 is 27.8. The number of carboxylic acids is 4. The molecule has 1 rings (SSSR count). The Kier molecular flexibility index (Phi) is 32.7. The molecule has 1 fully saturated rings. The molecule has 0 spiro atoms. The Morgan fingerprint density at radius 1 is 0.536 bits per heavy atom. The molecule has 0 saturated carbocycles. The molecule has 0 aromatic rings. The van der Waals surface area contributed by atoms with Gasteiger partial charge in [-0.2, -0.15) is 0 Å². The highest BCUT2D eigenvalue weighted by Crippen LogP contribution is 2.20. The first-order valence-electron chi connectivity index (χ1n) is 23.8. The standard InChI is InChI=1S/C45H84N8O16/c1-44(2,31-65-5)33-69-34-45(3,4)32-68-23-11-38(55)47-12-7-6-8-35(46)42(62)49-14-25-67-27-26-66-24-13-48-37(54)10-9-36(43(63)64)53-21-19-51(29-40(58)59)17-15-50(28-39(56)57)16-18-52(20-22-53)30-41(60)61/h35-36H,6-34,46H2,1-5H3,(H,47,55)(H,48,54)(H,49,62)(H,56,57)(H,58,59)(H,60,61)(H,63,64)/t35-,36?/m0/s1. The Bertz CT molecular complexity index is 1490. The van der Waals surface area contributed by atoms with E-state index in [-0.39, 0.29) is 153 Å². The summed E-state index contributed by atoms with van der Waals surface area (Å²) in [5, 5.41) is 46.8. The molecule has 0 aromatic heterocycles. The maximum absolute atomic E-state index is 12.7. The van der Waals surface area contributed by atoms with Crippen molar-refractivity contribution in [3.05, 3.63) is 0 Å². The Morgan fingerprint density at radius 3 is 1.48 bits per heavy atom. The number of hydrogen-bond donors (Lipinski definition) is 8. The third-order valence-corrected chi connectivity index (χ3v) is 10.9. The molecule has 0 aliphatic carbocycles. The van der Waals surface area contributed by atoms with Crippen LogP contribution in [0.15, 0.2) is 0 Å². The van der Waals surface area contributed by atoms with E-state index in [1.54, 1.807) is 26.7 Å². The summed E-state index contributed by atoms with van der Waals surface area (Å²) in [4.78, 5) is 90.8. The molecule has 2 atom stereocenters. The third kappa shape index (κ3) is 33.2. The lowest BCUT2D eigenvalue weighted by Crippen LogP contribution is -2.52. The average Bonchev–Trinajstić information content (AvgIpc) is 3.25. The topological polar surface area (TPSA) is 322 Å². The zero-order valence-corrected chi connectivity index (χ0v) is 41.7. The third-order valence-electron chi connectivity index (χ3n) is 10.9. The van der Waals surface area contributed by atoms with Crippen molar-refractivity contribution in [1.82, 2.24) is 35.6 Å². The van der Waals surface area contributed by atoms with E-state index in [9.17, 15) is 54.0 Å². The molecule has 24 nitrogen and oxygen atoms in total. The normalized spacial score (nSPS) is 16.1. The Hall–Kier alpha value is -4.11. The summed E-state index contributed by atoms with van der Waals surface area (Å²) in [6, 6.07) is -1.82. The largest absolute Gasteiger partial charge is 0.480 e. The van der Waals surface area contributed by atoms with E-state index in [0.717, 1.165) is 0 Å². The minimum Gasteiger partial charge on any atom is -0.480 e. The van der Waals surface area contributed by atoms with Gasteiger partial charge in [0.2, 0.25) is 17.7 Å². The van der Waals surface area contributed by atoms with Gasteiger partial charge in [-0.15, -0.1) is 0 Å². The van der Waals surface area contributed by atoms with Gasteiger partial charge in [-0.1, -0.05) is 27.7 Å². The monoisotopic (exact) mass is 993 g/mol. The summed E-state index contributed by atoms with van der Waals surface area (Å²) in [6.45, 7) is 12.8. The van der Waals surface area contributed by atoms with Gasteiger partial charge in [-0.05, 0) is 25.7 Å². The highest BCUT2D eigenvalue weighted by Gasteiger charge is 2.29. The number of rotatable bonds is 37. The fraction of sp³-hybridized carbons (Fsp3) is 0.844. The molecule has 400 valence electrons. The highest BCUT2D eigenvalue weighted by atomic mass is 16.5. The van der Waals surface area contributed by atoms with Gasteiger partial charge in [0.05, 0.1) is 85.1 Å². The number of hydrogen-bond acceptors (Lipinski definition) is 17. The second kappa shape index (κ2) is 35.9. The number of amides is 3. The van der Waals surface area contributed by atoms with E-state index in [0.29, 0.717) is 58.8 Å². The van der Waals surface area contributed by atoms with Crippen molar-refractivity contribution < 1.29 is 77.7 Å². The second-order valence-corrected chi connectivity index (χ2v) is 18.8. The van der Waals surface area contributed by atoms with Crippen molar-refractivity contribution in [2.24, 2.45) is 16.6 Å². The number of aliphatic carboxylic acids is 4. The molecule has 0 radical (unpaired) electrons. The van der Waals surface area contributed by atoms with Crippen LogP contribution >= 0.6 is 0 Å². The Labute approximate surface area is 407 Å². The van der Waals surface area contributed by atoms with Crippen LogP contribution in [0.4, 0.5) is 0 Å². The molecule has 1 heterocycles. The van der Waals surface area contributed by atoms with Crippen LogP contribution in [0.2, 0.25) is 0 Å². The highest BCUT2D eigenvalue weighted by molar-refractivity contribution is 5.81. The number of nitrogens with two attached hydrogens (primary N) is 1. The summed E-state index contributed by atoms with van der Waals surface area (Å²) in [6.07, 6.45) is 1.84. The molecule has 9 N–H and O–H groups in total. The van der Waals surface area contributed by atoms with Crippen LogP contribution in [0.3, 0.4) is 0 Å². The lowest BCUT2D eigenvalue weighted by Gasteiger charge is -2.35. The van der Waals surface area contributed by atoms with Gasteiger partial charge < -0.3 is 65.8 Å². The van der Waals surface area contributed by atoms with Crippen LogP contribution in [-0.4, -0.2) is 252 Å². The number of carbonyl (C=O) groups is 7. The van der Waals surface area contributed by atoms with Gasteiger partial charge in [0.15, 0.2) is 0 Å². The van der Waals surface area contributed by atoms with Gasteiger partial charge in [-0.3, -0.25) is 53.2 Å². The van der Waals surface area contributed by atoms with Crippen molar-refractivity contribution in [1.29, 1.82) is 0 Å². The second-order valence-electron chi connectivity index (χ2n) is 18.8. The summed E-state index contributed by atoms with van der Waals surface area (Å²) >= 11 is 0. The first-order chi connectivity index (χ1) is 32.6. The van der Waals surface area contributed by atoms with Crippen LogP contribution in [-0.2, 0) is 57.2 Å². The minimum atomic E-state index is -1.19. The quantitative estimate of drug-likeness (QED) is 0.0335. The van der Waals surface area contributed by atoms with Crippen molar-refractivity contribution in [2.45, 2.75) is 78.3 Å². The SMILES string of the molecule is COCC(C)(C)COCC(C)(C)COCCC(=O)NCCCC[C@H](N)C(=O)NCCOCCOCCNC(=O)CCC(C(=O)O)N1CCN(CC(=O)O)CCN(CC(=O)O)CCN(CC(=O)O)CC1. The van der Waals surface area contributed by atoms with E-state index in [4.69, 9.17) is 29.4 Å². The fourth-order valence-corrected chi connectivity index (χ4v) is 7.22. The maximum atomic E-state index is 12.7. The van der Waals surface area contributed by atoms with Crippen LogP contribution in [0, 0.1) is 10.8 Å². The van der Waals surface area contributed by atoms with Crippen molar-refractivity contribution in [3.63, 3.8) is 0 Å². The van der Waals surface area contributed by atoms with E-state index < -0.39 is 41.9 Å². The van der Waals surface area contributed by atoms with Gasteiger partial charge in [0.25, 0.3) is 0 Å². The first kappa shape index (κ1) is 62.9. The zero-order chi connectivity index (χ0) is 51.7. The number of unbranched alkanes of at least 4 members (excludes halogenated alkanes) is 1. The summed E-state index contributed by atoms with van der Waals surface area (Å²) in [7, 11) is 1.67. The predicted octanol–water partition coefficient (Wildman–Crippen LogP) is -1.30. The number of carbonyl (C=O) groups excluding carboxylic acids is 3. The number of methoxy groups -OCH3 is 1. The number of carboxylic acid groups (broad SMARTS) is 4. The first-order valence-corrected chi connectivity index (χ1v) is 23.8. The van der Waals surface area contributed by atoms with Gasteiger partial charge in [0, 0.05) is 103 Å². The molecule has 1 aliphatic rings. The molecule has 1 aliphatic heterocycles. The van der Waals surface area contributed by atoms with Gasteiger partial charge >= 0.3 is 23.9 Å². The number of ether oxygens (including phenoxy) is 5. The predicted molar refractivity (Wildman–Crippen MR) is 253 cm³/mol. The molecular weight excluding hydrogens is 909 g/mol. The van der Waals surface area contributed by atoms with Crippen molar-refractivity contribution in [2.75, 3.05) is 158 Å². The lowest BCUT2D eigenvalue weighted by atomic mass is 9.94. The minimum absolute atomic E-state index is 0.0646. The Morgan fingerprint density at radius 2 is 0.986 bits per heavy atom. The van der Waals surface area contributed by atoms with Gasteiger partial charge in [-0.25, -0.2) is 0 Å². The van der Waals surface area contributed by atoms with Crippen molar-refractivity contribution in [3.8, 4) is 0 Å². The smallest absolute Gasteiger partial charge is 0.320 e. The van der Waals surface area contributed by atoms with Gasteiger partial charge in [0.1, 0.15) is 6.04 Å². The van der Waals surface area contributed by atoms with E-state index in [1.807, 2.05) is 0 Å². The van der Waals surface area contributed by atoms with E-state index in [2.05, 4.69) is 43.6 Å². The van der Waals surface area contributed by atoms with E-state index in [1.165, 1.54) is 0 Å². The number of nitrogens with zero attached hydrogens (tertiary/aromatic N) is 4. The average molecular weight is 993 g/mol. The van der Waals surface area contributed by atoms with E-state index >= 15 is 0 Å². The van der Waals surface area contributed by atoms with Crippen LogP contribution in [0.5, 0.6) is 0 Å².